The molecule has 2 heterocycles. The highest BCUT2D eigenvalue weighted by Crippen LogP contribution is 2.27. The number of nitro groups is 1. The van der Waals surface area contributed by atoms with Gasteiger partial charge in [-0.25, -0.2) is 4.68 Å². The van der Waals surface area contributed by atoms with Gasteiger partial charge < -0.3 is 21.1 Å². The van der Waals surface area contributed by atoms with E-state index in [4.69, 9.17) is 28.3 Å². The number of rotatable bonds is 6. The lowest BCUT2D eigenvalue weighted by Crippen LogP contribution is -2.43. The van der Waals surface area contributed by atoms with Gasteiger partial charge in [0.25, 0.3) is 17.5 Å². The predicted octanol–water partition coefficient (Wildman–Crippen LogP) is 3.43. The van der Waals surface area contributed by atoms with E-state index in [0.29, 0.717) is 5.69 Å². The minimum Gasteiger partial charge on any atom is -0.400 e. The molecule has 13 heteroatoms. The van der Waals surface area contributed by atoms with Gasteiger partial charge in [0.15, 0.2) is 5.69 Å². The number of amides is 2. The van der Waals surface area contributed by atoms with Gasteiger partial charge in [-0.1, -0.05) is 29.3 Å². The van der Waals surface area contributed by atoms with Crippen LogP contribution in [0.3, 0.4) is 0 Å². The summed E-state index contributed by atoms with van der Waals surface area (Å²) in [7, 11) is 1.00. The van der Waals surface area contributed by atoms with Crippen molar-refractivity contribution in [2.24, 2.45) is 0 Å². The Morgan fingerprint density at radius 3 is 2.28 bits per heavy atom. The van der Waals surface area contributed by atoms with Crippen molar-refractivity contribution in [2.45, 2.75) is 18.9 Å². The zero-order chi connectivity index (χ0) is 26.2. The molecule has 0 atom stereocenters. The van der Waals surface area contributed by atoms with Gasteiger partial charge in [0.2, 0.25) is 0 Å². The number of carbonyl (C=O) groups excluding carboxylic acids is 2. The highest BCUT2D eigenvalue weighted by atomic mass is 35.5. The molecule has 11 nitrogen and oxygen atoms in total. The Labute approximate surface area is 216 Å². The Morgan fingerprint density at radius 2 is 1.69 bits per heavy atom. The first-order valence-corrected chi connectivity index (χ1v) is 11.6. The minimum absolute atomic E-state index is 0.00610. The number of carbonyl (C=O) groups is 2. The fraction of sp³-hybridized carbons (Fsp3) is 0.261. The van der Waals surface area contributed by atoms with Crippen LogP contribution in [0.15, 0.2) is 48.7 Å². The number of hydrogen-bond donors (Lipinski definition) is 4. The maximum absolute atomic E-state index is 13.1. The van der Waals surface area contributed by atoms with E-state index in [1.54, 1.807) is 6.07 Å². The summed E-state index contributed by atoms with van der Waals surface area (Å²) in [5.41, 5.74) is 0.595. The second kappa shape index (κ2) is 12.5. The van der Waals surface area contributed by atoms with Crippen LogP contribution in [0.2, 0.25) is 10.0 Å². The van der Waals surface area contributed by atoms with Gasteiger partial charge in [-0.2, -0.15) is 5.10 Å². The maximum Gasteiger partial charge on any atom is 0.274 e. The Hall–Kier alpha value is -3.51. The van der Waals surface area contributed by atoms with Gasteiger partial charge in [-0.05, 0) is 50.2 Å². The topological polar surface area (TPSA) is 151 Å². The smallest absolute Gasteiger partial charge is 0.274 e. The first kappa shape index (κ1) is 27.1. The van der Waals surface area contributed by atoms with Gasteiger partial charge in [0.1, 0.15) is 0 Å². The molecule has 0 saturated carbocycles. The van der Waals surface area contributed by atoms with Crippen LogP contribution < -0.4 is 16.0 Å². The number of piperidine rings is 1. The molecular formula is C23H24Cl2N6O5. The number of benzene rings is 2. The second-order valence-corrected chi connectivity index (χ2v) is 8.47. The molecule has 2 amide bonds. The molecule has 1 fully saturated rings. The number of non-ortho nitro benzene ring substituents is 1. The number of aliphatic hydroxyl groups excluding tert-OH is 1. The Kier molecular flexibility index (Phi) is 9.37. The van der Waals surface area contributed by atoms with E-state index < -0.39 is 16.7 Å². The van der Waals surface area contributed by atoms with Gasteiger partial charge in [-0.15, -0.1) is 0 Å². The number of aliphatic hydroxyl groups is 1. The van der Waals surface area contributed by atoms with Crippen molar-refractivity contribution in [3.05, 3.63) is 80.1 Å². The van der Waals surface area contributed by atoms with Gasteiger partial charge in [-0.3, -0.25) is 19.7 Å². The lowest BCUT2D eigenvalue weighted by molar-refractivity contribution is -0.384. The van der Waals surface area contributed by atoms with E-state index >= 15 is 0 Å². The van der Waals surface area contributed by atoms with Crippen molar-refractivity contribution in [3.8, 4) is 5.69 Å². The molecule has 190 valence electrons. The molecule has 1 aliphatic rings. The molecule has 0 bridgehead atoms. The molecule has 0 radical (unpaired) electrons. The summed E-state index contributed by atoms with van der Waals surface area (Å²) in [6, 6.07) is 10.3. The molecule has 0 unspecified atom stereocenters. The molecule has 0 spiro atoms. The summed E-state index contributed by atoms with van der Waals surface area (Å²) >= 11 is 12.3. The van der Waals surface area contributed by atoms with E-state index in [2.05, 4.69) is 21.0 Å². The van der Waals surface area contributed by atoms with Crippen molar-refractivity contribution in [3.63, 3.8) is 0 Å². The number of nitro benzene ring substituents is 1. The SMILES string of the molecule is CO.O=C(NC1CCNCC1)c1nn(-c2ccc([N+](=O)[O-])cc2)cc1NC(=O)c1c(Cl)cccc1Cl. The summed E-state index contributed by atoms with van der Waals surface area (Å²) in [6.45, 7) is 1.58. The van der Waals surface area contributed by atoms with E-state index in [9.17, 15) is 19.7 Å². The number of anilines is 1. The molecule has 0 aliphatic carbocycles. The van der Waals surface area contributed by atoms with Crippen molar-refractivity contribution in [2.75, 3.05) is 25.5 Å². The lowest BCUT2D eigenvalue weighted by atomic mass is 10.1. The zero-order valence-corrected chi connectivity index (χ0v) is 20.7. The molecule has 3 aromatic rings. The number of hydrogen-bond acceptors (Lipinski definition) is 7. The molecule has 4 N–H and O–H groups in total. The third-order valence-electron chi connectivity index (χ3n) is 5.37. The van der Waals surface area contributed by atoms with Crippen LogP contribution in [0.5, 0.6) is 0 Å². The quantitative estimate of drug-likeness (QED) is 0.279. The zero-order valence-electron chi connectivity index (χ0n) is 19.2. The normalized spacial score (nSPS) is 13.3. The van der Waals surface area contributed by atoms with Crippen molar-refractivity contribution in [1.29, 1.82) is 0 Å². The standard InChI is InChI=1S/C22H20Cl2N6O4.CH4O/c23-16-2-1-3-17(24)19(16)21(31)27-18-12-29(14-4-6-15(7-5-14)30(33)34)28-20(18)22(32)26-13-8-10-25-11-9-13;1-2/h1-7,12-13,25H,8-11H2,(H,26,32)(H,27,31);2H,1H3. The average molecular weight is 535 g/mol. The molecule has 1 aromatic heterocycles. The predicted molar refractivity (Wildman–Crippen MR) is 136 cm³/mol. The number of halogens is 2. The summed E-state index contributed by atoms with van der Waals surface area (Å²) in [5, 5.41) is 31.5. The van der Waals surface area contributed by atoms with Crippen molar-refractivity contribution in [1.82, 2.24) is 20.4 Å². The van der Waals surface area contributed by atoms with Crippen molar-refractivity contribution < 1.29 is 19.6 Å². The van der Waals surface area contributed by atoms with Crippen LogP contribution in [-0.2, 0) is 0 Å². The largest absolute Gasteiger partial charge is 0.400 e. The number of aromatic nitrogens is 2. The van der Waals surface area contributed by atoms with Crippen LogP contribution in [0.1, 0.15) is 33.7 Å². The van der Waals surface area contributed by atoms with E-state index in [1.807, 2.05) is 0 Å². The first-order chi connectivity index (χ1) is 17.3. The summed E-state index contributed by atoms with van der Waals surface area (Å²) in [6.07, 6.45) is 3.00. The monoisotopic (exact) mass is 534 g/mol. The summed E-state index contributed by atoms with van der Waals surface area (Å²) in [4.78, 5) is 36.5. The fourth-order valence-corrected chi connectivity index (χ4v) is 4.18. The van der Waals surface area contributed by atoms with Crippen LogP contribution in [0, 0.1) is 10.1 Å². The summed E-state index contributed by atoms with van der Waals surface area (Å²) < 4.78 is 1.37. The highest BCUT2D eigenvalue weighted by molar-refractivity contribution is 6.40. The molecule has 2 aromatic carbocycles. The molecular weight excluding hydrogens is 511 g/mol. The highest BCUT2D eigenvalue weighted by Gasteiger charge is 2.24. The average Bonchev–Trinajstić information content (AvgIpc) is 3.29. The fourth-order valence-electron chi connectivity index (χ4n) is 3.61. The van der Waals surface area contributed by atoms with Crippen LogP contribution in [0.4, 0.5) is 11.4 Å². The minimum atomic E-state index is -0.602. The van der Waals surface area contributed by atoms with Gasteiger partial charge >= 0.3 is 0 Å². The second-order valence-electron chi connectivity index (χ2n) is 7.66. The van der Waals surface area contributed by atoms with E-state index in [-0.39, 0.29) is 38.7 Å². The Morgan fingerprint density at radius 1 is 1.08 bits per heavy atom. The molecule has 1 aliphatic heterocycles. The van der Waals surface area contributed by atoms with Crippen molar-refractivity contribution >= 4 is 46.4 Å². The Balaban J connectivity index is 0.00000176. The third-order valence-corrected chi connectivity index (χ3v) is 6.00. The molecule has 1 saturated heterocycles. The van der Waals surface area contributed by atoms with E-state index in [1.165, 1.54) is 47.3 Å². The number of nitrogens with one attached hydrogen (secondary N) is 3. The van der Waals surface area contributed by atoms with Crippen LogP contribution >= 0.6 is 23.2 Å². The maximum atomic E-state index is 13.1. The van der Waals surface area contributed by atoms with Crippen LogP contribution in [0.25, 0.3) is 5.69 Å². The van der Waals surface area contributed by atoms with Gasteiger partial charge in [0, 0.05) is 25.3 Å². The number of nitrogens with zero attached hydrogens (tertiary/aromatic N) is 3. The summed E-state index contributed by atoms with van der Waals surface area (Å²) in [5.74, 6) is -1.05. The van der Waals surface area contributed by atoms with Gasteiger partial charge in [0.05, 0.1) is 38.1 Å². The molecule has 36 heavy (non-hydrogen) atoms. The lowest BCUT2D eigenvalue weighted by Gasteiger charge is -2.23. The van der Waals surface area contributed by atoms with Crippen LogP contribution in [-0.4, -0.2) is 57.9 Å². The molecule has 4 rings (SSSR count). The third kappa shape index (κ3) is 6.38. The Bertz CT molecular complexity index is 1220. The van der Waals surface area contributed by atoms with E-state index in [0.717, 1.165) is 33.0 Å². The first-order valence-electron chi connectivity index (χ1n) is 10.9.